The van der Waals surface area contributed by atoms with E-state index in [0.717, 1.165) is 5.56 Å². The Labute approximate surface area is 137 Å². The highest BCUT2D eigenvalue weighted by Crippen LogP contribution is 2.35. The first kappa shape index (κ1) is 15.3. The number of anilines is 1. The van der Waals surface area contributed by atoms with Gasteiger partial charge in [-0.2, -0.15) is 0 Å². The number of hydrogen-bond donors (Lipinski definition) is 2. The Bertz CT molecular complexity index is 766. The van der Waals surface area contributed by atoms with Gasteiger partial charge in [0.05, 0.1) is 5.69 Å². The predicted octanol–water partition coefficient (Wildman–Crippen LogP) is 2.14. The second-order valence-corrected chi connectivity index (χ2v) is 5.71. The van der Waals surface area contributed by atoms with Crippen molar-refractivity contribution in [3.63, 3.8) is 0 Å². The quantitative estimate of drug-likeness (QED) is 0.844. The lowest BCUT2D eigenvalue weighted by Crippen LogP contribution is -2.58. The maximum atomic E-state index is 12.4. The van der Waals surface area contributed by atoms with Crippen molar-refractivity contribution in [2.75, 3.05) is 5.32 Å². The topological polar surface area (TPSA) is 80.3 Å². The number of amides is 2. The van der Waals surface area contributed by atoms with Gasteiger partial charge < -0.3 is 15.4 Å². The van der Waals surface area contributed by atoms with Crippen LogP contribution in [0.5, 0.6) is 5.75 Å². The Hall–Kier alpha value is -2.60. The molecule has 7 heteroatoms. The molecule has 0 radical (unpaired) electrons. The molecular formula is C16H14ClN3O3. The highest BCUT2D eigenvalue weighted by Gasteiger charge is 2.47. The van der Waals surface area contributed by atoms with Gasteiger partial charge in [0, 0.05) is 24.0 Å². The van der Waals surface area contributed by atoms with Crippen LogP contribution in [0.3, 0.4) is 0 Å². The first-order valence-corrected chi connectivity index (χ1v) is 7.34. The van der Waals surface area contributed by atoms with E-state index in [-0.39, 0.29) is 6.54 Å². The molecular weight excluding hydrogens is 318 g/mol. The van der Waals surface area contributed by atoms with Gasteiger partial charge >= 0.3 is 0 Å². The van der Waals surface area contributed by atoms with E-state index in [9.17, 15) is 9.59 Å². The standard InChI is InChI=1S/C16H14ClN3O3/c1-16(14(21)19-9-10-3-2-6-18-8-10)15(22)20-12-7-11(17)4-5-13(12)23-16/h2-8H,9H2,1H3,(H,19,21)(H,20,22)/t16-/m1/s1. The van der Waals surface area contributed by atoms with Crippen molar-refractivity contribution in [3.8, 4) is 5.75 Å². The molecule has 0 fully saturated rings. The fraction of sp³-hybridized carbons (Fsp3) is 0.188. The van der Waals surface area contributed by atoms with Crippen LogP contribution in [-0.2, 0) is 16.1 Å². The second kappa shape index (κ2) is 5.89. The maximum absolute atomic E-state index is 12.4. The smallest absolute Gasteiger partial charge is 0.278 e. The third-order valence-electron chi connectivity index (χ3n) is 3.55. The van der Waals surface area contributed by atoms with Crippen LogP contribution in [0.2, 0.25) is 5.02 Å². The van der Waals surface area contributed by atoms with Gasteiger partial charge in [-0.25, -0.2) is 0 Å². The molecule has 118 valence electrons. The lowest BCUT2D eigenvalue weighted by Gasteiger charge is -2.33. The molecule has 1 aromatic carbocycles. The fourth-order valence-corrected chi connectivity index (χ4v) is 2.37. The number of benzene rings is 1. The minimum Gasteiger partial charge on any atom is -0.466 e. The number of rotatable bonds is 3. The number of ether oxygens (including phenoxy) is 1. The summed E-state index contributed by atoms with van der Waals surface area (Å²) < 4.78 is 5.64. The number of hydrogen-bond acceptors (Lipinski definition) is 4. The SMILES string of the molecule is C[C@]1(C(=O)NCc2cccnc2)Oc2ccc(Cl)cc2NC1=O. The second-order valence-electron chi connectivity index (χ2n) is 5.27. The molecule has 1 atom stereocenters. The molecule has 1 aliphatic rings. The molecule has 0 saturated carbocycles. The molecule has 0 saturated heterocycles. The Kier molecular flexibility index (Phi) is 3.92. The van der Waals surface area contributed by atoms with E-state index in [4.69, 9.17) is 16.3 Å². The third-order valence-corrected chi connectivity index (χ3v) is 3.78. The van der Waals surface area contributed by atoms with Gasteiger partial charge in [0.25, 0.3) is 17.4 Å². The number of nitrogens with one attached hydrogen (secondary N) is 2. The average molecular weight is 332 g/mol. The summed E-state index contributed by atoms with van der Waals surface area (Å²) >= 11 is 5.88. The van der Waals surface area contributed by atoms with Crippen LogP contribution in [0.15, 0.2) is 42.7 Å². The molecule has 1 aliphatic heterocycles. The van der Waals surface area contributed by atoms with Crippen LogP contribution >= 0.6 is 11.6 Å². The summed E-state index contributed by atoms with van der Waals surface area (Å²) in [7, 11) is 0. The van der Waals surface area contributed by atoms with Crippen molar-refractivity contribution in [2.45, 2.75) is 19.1 Å². The predicted molar refractivity (Wildman–Crippen MR) is 85.2 cm³/mol. The monoisotopic (exact) mass is 331 g/mol. The molecule has 6 nitrogen and oxygen atoms in total. The zero-order valence-corrected chi connectivity index (χ0v) is 13.1. The number of halogens is 1. The number of aromatic nitrogens is 1. The summed E-state index contributed by atoms with van der Waals surface area (Å²) in [6.45, 7) is 1.69. The van der Waals surface area contributed by atoms with E-state index in [1.54, 1.807) is 36.7 Å². The summed E-state index contributed by atoms with van der Waals surface area (Å²) in [6.07, 6.45) is 3.29. The van der Waals surface area contributed by atoms with E-state index in [2.05, 4.69) is 15.6 Å². The maximum Gasteiger partial charge on any atom is 0.278 e. The van der Waals surface area contributed by atoms with Crippen LogP contribution in [0.25, 0.3) is 0 Å². The molecule has 2 heterocycles. The van der Waals surface area contributed by atoms with Gasteiger partial charge in [-0.05, 0) is 36.8 Å². The number of carbonyl (C=O) groups excluding carboxylic acids is 2. The Morgan fingerprint density at radius 3 is 3.00 bits per heavy atom. The summed E-state index contributed by atoms with van der Waals surface area (Å²) in [4.78, 5) is 28.7. The lowest BCUT2D eigenvalue weighted by atomic mass is 10.0. The molecule has 2 N–H and O–H groups in total. The van der Waals surface area contributed by atoms with Crippen molar-refractivity contribution in [3.05, 3.63) is 53.3 Å². The van der Waals surface area contributed by atoms with E-state index in [0.29, 0.717) is 16.5 Å². The number of fused-ring (bicyclic) bond motifs is 1. The first-order valence-electron chi connectivity index (χ1n) is 6.96. The van der Waals surface area contributed by atoms with Crippen molar-refractivity contribution in [2.24, 2.45) is 0 Å². The van der Waals surface area contributed by atoms with Crippen LogP contribution < -0.4 is 15.4 Å². The van der Waals surface area contributed by atoms with Crippen LogP contribution in [0, 0.1) is 0 Å². The van der Waals surface area contributed by atoms with E-state index in [1.165, 1.54) is 6.92 Å². The van der Waals surface area contributed by atoms with Crippen molar-refractivity contribution >= 4 is 29.1 Å². The summed E-state index contributed by atoms with van der Waals surface area (Å²) in [5.74, 6) is -0.677. The van der Waals surface area contributed by atoms with Gasteiger partial charge in [0.1, 0.15) is 5.75 Å². The highest BCUT2D eigenvalue weighted by molar-refractivity contribution is 6.31. The van der Waals surface area contributed by atoms with Gasteiger partial charge in [0.2, 0.25) is 0 Å². The van der Waals surface area contributed by atoms with Crippen LogP contribution in [0.4, 0.5) is 5.69 Å². The van der Waals surface area contributed by atoms with Crippen LogP contribution in [0.1, 0.15) is 12.5 Å². The Balaban J connectivity index is 1.77. The average Bonchev–Trinajstić information content (AvgIpc) is 2.55. The van der Waals surface area contributed by atoms with Gasteiger partial charge in [-0.3, -0.25) is 14.6 Å². The number of pyridine rings is 1. The molecule has 0 spiro atoms. The van der Waals surface area contributed by atoms with E-state index in [1.807, 2.05) is 6.07 Å². The molecule has 2 aromatic rings. The normalized spacial score (nSPS) is 19.3. The van der Waals surface area contributed by atoms with Crippen molar-refractivity contribution in [1.29, 1.82) is 0 Å². The molecule has 0 unspecified atom stereocenters. The summed E-state index contributed by atoms with van der Waals surface area (Å²) in [5.41, 5.74) is -0.379. The number of nitrogens with zero attached hydrogens (tertiary/aromatic N) is 1. The fourth-order valence-electron chi connectivity index (χ4n) is 2.20. The molecule has 1 aromatic heterocycles. The Morgan fingerprint density at radius 2 is 2.26 bits per heavy atom. The van der Waals surface area contributed by atoms with Gasteiger partial charge in [0.15, 0.2) is 0 Å². The molecule has 0 bridgehead atoms. The zero-order chi connectivity index (χ0) is 16.4. The van der Waals surface area contributed by atoms with Gasteiger partial charge in [-0.1, -0.05) is 17.7 Å². The minimum atomic E-state index is -1.65. The summed E-state index contributed by atoms with van der Waals surface area (Å²) in [5, 5.41) is 5.81. The van der Waals surface area contributed by atoms with E-state index >= 15 is 0 Å². The first-order chi connectivity index (χ1) is 11.0. The van der Waals surface area contributed by atoms with Crippen LogP contribution in [-0.4, -0.2) is 22.4 Å². The van der Waals surface area contributed by atoms with E-state index < -0.39 is 17.4 Å². The zero-order valence-electron chi connectivity index (χ0n) is 12.3. The van der Waals surface area contributed by atoms with Crippen molar-refractivity contribution < 1.29 is 14.3 Å². The minimum absolute atomic E-state index is 0.256. The largest absolute Gasteiger partial charge is 0.466 e. The molecule has 23 heavy (non-hydrogen) atoms. The third kappa shape index (κ3) is 2.98. The molecule has 3 rings (SSSR count). The lowest BCUT2D eigenvalue weighted by molar-refractivity contribution is -0.146. The van der Waals surface area contributed by atoms with Gasteiger partial charge in [-0.15, -0.1) is 0 Å². The molecule has 0 aliphatic carbocycles. The number of carbonyl (C=O) groups is 2. The Morgan fingerprint density at radius 1 is 1.43 bits per heavy atom. The van der Waals surface area contributed by atoms with Crippen molar-refractivity contribution in [1.82, 2.24) is 10.3 Å². The molecule has 2 amide bonds. The summed E-state index contributed by atoms with van der Waals surface area (Å²) in [6, 6.07) is 8.42. The highest BCUT2D eigenvalue weighted by atomic mass is 35.5.